The van der Waals surface area contributed by atoms with E-state index in [1.165, 1.54) is 20.8 Å². The molecule has 2 unspecified atom stereocenters. The highest BCUT2D eigenvalue weighted by atomic mass is 16.8. The van der Waals surface area contributed by atoms with Crippen LogP contribution in [0.15, 0.2) is 73.1 Å². The maximum absolute atomic E-state index is 13.9. The van der Waals surface area contributed by atoms with Crippen LogP contribution >= 0.6 is 0 Å². The quantitative estimate of drug-likeness (QED) is 0.0320. The summed E-state index contributed by atoms with van der Waals surface area (Å²) in [5.41, 5.74) is 1.40. The Hall–Kier alpha value is -6.29. The van der Waals surface area contributed by atoms with Crippen molar-refractivity contribution in [3.63, 3.8) is 0 Å². The highest BCUT2D eigenvalue weighted by Crippen LogP contribution is 2.42. The summed E-state index contributed by atoms with van der Waals surface area (Å²) in [5.74, 6) is -4.65. The van der Waals surface area contributed by atoms with E-state index in [2.05, 4.69) is 27.5 Å². The van der Waals surface area contributed by atoms with E-state index in [0.29, 0.717) is 44.0 Å². The molecule has 0 aliphatic carbocycles. The molecule has 0 spiro atoms. The Balaban J connectivity index is 0.976. The molecule has 20 atom stereocenters. The molecule has 484 valence electrons. The van der Waals surface area contributed by atoms with Crippen molar-refractivity contribution in [2.24, 2.45) is 29.6 Å². The summed E-state index contributed by atoms with van der Waals surface area (Å²) in [4.78, 5) is 65.9. The molecule has 4 fully saturated rings. The molecule has 0 N–H and O–H groups in total. The van der Waals surface area contributed by atoms with Crippen LogP contribution in [0.5, 0.6) is 0 Å². The smallest absolute Gasteiger partial charge is 0.338 e. The number of aromatic nitrogens is 6. The molecule has 4 saturated heterocycles. The maximum Gasteiger partial charge on any atom is 0.338 e. The SMILES string of the molecule is CCCOCCn1cc(CO[C@H]2O[C@H](Cn3cc(CO[C@@H]4O[C@H](CC)[C@@H](O[C@H]5O[C@H](CC)[C@@H](O[C@H]6O[C@H](CC)[C@@H](C)[C@H](C)C6OC(C)=O)[C@H](C)C5OC(C)=O)[C@H](C)[C@H]4OC(C)=O)nn3)[C@@H](C)[C@H](OC(=O)c3ccccc3)[C@@H]2OC(=O)c2ccccc2)nn1. The summed E-state index contributed by atoms with van der Waals surface area (Å²) in [5, 5.41) is 17.3. The molecule has 88 heavy (non-hydrogen) atoms. The van der Waals surface area contributed by atoms with Gasteiger partial charge in [-0.2, -0.15) is 0 Å². The number of carbonyl (C=O) groups is 5. The van der Waals surface area contributed by atoms with Gasteiger partial charge < -0.3 is 66.3 Å². The number of ether oxygens (including phenoxy) is 14. The van der Waals surface area contributed by atoms with Gasteiger partial charge in [0.05, 0.1) is 93.1 Å². The Kier molecular flexibility index (Phi) is 24.5. The molecular formula is C63H88N6O19. The van der Waals surface area contributed by atoms with E-state index in [1.54, 1.807) is 82.4 Å². The van der Waals surface area contributed by atoms with E-state index in [1.807, 2.05) is 55.4 Å². The average molecular weight is 1230 g/mol. The number of nitrogens with zero attached hydrogens (tertiary/aromatic N) is 6. The highest BCUT2D eigenvalue weighted by Gasteiger charge is 2.55. The van der Waals surface area contributed by atoms with Gasteiger partial charge in [-0.15, -0.1) is 10.2 Å². The fourth-order valence-electron chi connectivity index (χ4n) is 11.9. The first-order valence-corrected chi connectivity index (χ1v) is 30.9. The molecule has 2 aromatic heterocycles. The lowest BCUT2D eigenvalue weighted by Gasteiger charge is -2.50. The van der Waals surface area contributed by atoms with Gasteiger partial charge in [-0.1, -0.05) is 109 Å². The topological polar surface area (TPSA) is 276 Å². The monoisotopic (exact) mass is 1230 g/mol. The Bertz CT molecular complexity index is 2860. The van der Waals surface area contributed by atoms with E-state index >= 15 is 0 Å². The minimum Gasteiger partial charge on any atom is -0.457 e. The summed E-state index contributed by atoms with van der Waals surface area (Å²) in [7, 11) is 0. The number of benzene rings is 2. The van der Waals surface area contributed by atoms with Gasteiger partial charge in [-0.25, -0.2) is 19.0 Å². The normalized spacial score (nSPS) is 32.4. The Morgan fingerprint density at radius 1 is 0.455 bits per heavy atom. The van der Waals surface area contributed by atoms with Crippen molar-refractivity contribution in [2.45, 2.75) is 227 Å². The van der Waals surface area contributed by atoms with E-state index in [4.69, 9.17) is 66.3 Å². The molecule has 0 saturated carbocycles. The minimum absolute atomic E-state index is 0.0631. The molecule has 0 bridgehead atoms. The molecule has 25 heteroatoms. The van der Waals surface area contributed by atoms with Crippen LogP contribution in [0.2, 0.25) is 0 Å². The van der Waals surface area contributed by atoms with Gasteiger partial charge in [-0.3, -0.25) is 14.4 Å². The van der Waals surface area contributed by atoms with E-state index in [9.17, 15) is 24.0 Å². The third-order valence-electron chi connectivity index (χ3n) is 16.8. The maximum atomic E-state index is 13.9. The molecule has 4 aromatic rings. The molecule has 2 aromatic carbocycles. The lowest BCUT2D eigenvalue weighted by molar-refractivity contribution is -0.364. The standard InChI is InChI=1S/C63H88N6O19/c1-13-28-75-29-27-68-30-45(64-66-68)33-77-61-57(86-59(74)44-25-21-18-22-26-44)53(85-58(73)43-23-19-17-20-24-43)37(7)50(84-61)32-69-31-46(65-67-69)34-76-60-55(79-41(11)71)38(8)51(48(15-3)82-60)88-63-56(80-42(12)72)39(9)52(49(16-4)83-63)87-62-54(78-40(10)70)36(6)35(5)47(14-2)81-62/h17-26,30-31,35-39,47-57,60-63H,13-16,27-29,32-34H2,1-12H3/t35-,36-,37+,38-,39-,47+,48+,49+,50+,51-,52-,53-,54?,55+,56?,57-,60+,61-,62+,63+/m0/s1. The molecule has 4 aliphatic rings. The van der Waals surface area contributed by atoms with Gasteiger partial charge in [0.25, 0.3) is 0 Å². The number of rotatable bonds is 27. The first-order valence-electron chi connectivity index (χ1n) is 30.9. The zero-order valence-electron chi connectivity index (χ0n) is 52.5. The van der Waals surface area contributed by atoms with Gasteiger partial charge in [-0.05, 0) is 55.9 Å². The average Bonchev–Trinajstić information content (AvgIpc) is 1.55. The van der Waals surface area contributed by atoms with Gasteiger partial charge in [0.1, 0.15) is 17.5 Å². The molecule has 25 nitrogen and oxygen atoms in total. The molecule has 6 heterocycles. The van der Waals surface area contributed by atoms with Crippen molar-refractivity contribution in [1.82, 2.24) is 30.0 Å². The van der Waals surface area contributed by atoms with Crippen LogP contribution in [0.4, 0.5) is 0 Å². The van der Waals surface area contributed by atoms with Crippen LogP contribution < -0.4 is 0 Å². The fraction of sp³-hybridized carbons (Fsp3) is 0.667. The fourth-order valence-corrected chi connectivity index (χ4v) is 11.9. The predicted octanol–water partition coefficient (Wildman–Crippen LogP) is 7.36. The van der Waals surface area contributed by atoms with Gasteiger partial charge in [0.2, 0.25) is 0 Å². The summed E-state index contributed by atoms with van der Waals surface area (Å²) in [6.45, 7) is 22.9. The molecular weight excluding hydrogens is 1140 g/mol. The van der Waals surface area contributed by atoms with E-state index in [-0.39, 0.29) is 48.8 Å². The first kappa shape index (κ1) is 67.6. The van der Waals surface area contributed by atoms with Crippen LogP contribution in [0, 0.1) is 29.6 Å². The summed E-state index contributed by atoms with van der Waals surface area (Å²) < 4.78 is 92.1. The first-order chi connectivity index (χ1) is 42.3. The third kappa shape index (κ3) is 17.1. The van der Waals surface area contributed by atoms with Crippen molar-refractivity contribution < 1.29 is 90.3 Å². The van der Waals surface area contributed by atoms with Crippen LogP contribution in [-0.2, 0) is 107 Å². The second-order valence-electron chi connectivity index (χ2n) is 23.2. The van der Waals surface area contributed by atoms with Crippen molar-refractivity contribution in [2.75, 3.05) is 13.2 Å². The minimum atomic E-state index is -1.29. The van der Waals surface area contributed by atoms with Gasteiger partial charge in [0.15, 0.2) is 49.6 Å². The van der Waals surface area contributed by atoms with Crippen molar-refractivity contribution >= 4 is 29.8 Å². The molecule has 0 radical (unpaired) electrons. The van der Waals surface area contributed by atoms with E-state index in [0.717, 1.165) is 12.8 Å². The summed E-state index contributed by atoms with van der Waals surface area (Å²) in [6.07, 6.45) is -7.16. The van der Waals surface area contributed by atoms with Crippen molar-refractivity contribution in [1.29, 1.82) is 0 Å². The van der Waals surface area contributed by atoms with Crippen LogP contribution in [0.3, 0.4) is 0 Å². The second kappa shape index (κ2) is 31.9. The second-order valence-corrected chi connectivity index (χ2v) is 23.2. The van der Waals surface area contributed by atoms with Crippen LogP contribution in [-0.4, -0.2) is 165 Å². The number of esters is 5. The Morgan fingerprint density at radius 2 is 0.886 bits per heavy atom. The zero-order valence-corrected chi connectivity index (χ0v) is 52.5. The molecule has 8 rings (SSSR count). The molecule has 4 aliphatic heterocycles. The lowest BCUT2D eigenvalue weighted by Crippen LogP contribution is -2.62. The Morgan fingerprint density at radius 3 is 1.39 bits per heavy atom. The van der Waals surface area contributed by atoms with E-state index < -0.39 is 134 Å². The number of hydrogen-bond acceptors (Lipinski definition) is 23. The van der Waals surface area contributed by atoms with Gasteiger partial charge >= 0.3 is 29.8 Å². The number of hydrogen-bond donors (Lipinski definition) is 0. The van der Waals surface area contributed by atoms with Crippen LogP contribution in [0.25, 0.3) is 0 Å². The highest BCUT2D eigenvalue weighted by molar-refractivity contribution is 5.90. The lowest BCUT2D eigenvalue weighted by atomic mass is 9.82. The van der Waals surface area contributed by atoms with Crippen molar-refractivity contribution in [3.8, 4) is 0 Å². The van der Waals surface area contributed by atoms with Crippen LogP contribution in [0.1, 0.15) is 141 Å². The summed E-state index contributed by atoms with van der Waals surface area (Å²) >= 11 is 0. The number of carbonyl (C=O) groups excluding carboxylic acids is 5. The Labute approximate surface area is 514 Å². The third-order valence-corrected chi connectivity index (χ3v) is 16.8. The summed E-state index contributed by atoms with van der Waals surface area (Å²) in [6, 6.07) is 16.9. The van der Waals surface area contributed by atoms with Crippen molar-refractivity contribution in [3.05, 3.63) is 95.6 Å². The van der Waals surface area contributed by atoms with Gasteiger partial charge in [0, 0.05) is 51.0 Å². The molecule has 0 amide bonds. The predicted molar refractivity (Wildman–Crippen MR) is 310 cm³/mol. The largest absolute Gasteiger partial charge is 0.457 e. The zero-order chi connectivity index (χ0) is 63.2.